The number of anilines is 1. The molecule has 0 saturated heterocycles. The summed E-state index contributed by atoms with van der Waals surface area (Å²) in [5.41, 5.74) is 1.90. The molecule has 8 nitrogen and oxygen atoms in total. The van der Waals surface area contributed by atoms with Crippen LogP contribution in [0.5, 0.6) is 0 Å². The lowest BCUT2D eigenvalue weighted by atomic mass is 10.1. The van der Waals surface area contributed by atoms with Gasteiger partial charge >= 0.3 is 11.7 Å². The number of benzene rings is 1. The minimum absolute atomic E-state index is 0.236. The molecule has 0 unspecified atom stereocenters. The number of nitrogens with one attached hydrogen (secondary N) is 1. The van der Waals surface area contributed by atoms with Gasteiger partial charge in [0.15, 0.2) is 5.82 Å². The zero-order valence-corrected chi connectivity index (χ0v) is 17.2. The van der Waals surface area contributed by atoms with Crippen LogP contribution in [0.2, 0.25) is 0 Å². The Hall–Kier alpha value is -3.20. The van der Waals surface area contributed by atoms with Crippen molar-refractivity contribution in [3.05, 3.63) is 56.9 Å². The molecule has 0 aliphatic rings. The molecule has 0 aliphatic heterocycles. The minimum atomic E-state index is -0.732. The number of rotatable bonds is 7. The fourth-order valence-corrected chi connectivity index (χ4v) is 3.80. The molecule has 1 N–H and O–H groups in total. The molecule has 3 rings (SSSR count). The van der Waals surface area contributed by atoms with E-state index in [4.69, 9.17) is 9.26 Å². The van der Waals surface area contributed by atoms with Gasteiger partial charge in [-0.15, -0.1) is 11.3 Å². The monoisotopic (exact) mass is 415 g/mol. The first-order valence-corrected chi connectivity index (χ1v) is 9.98. The van der Waals surface area contributed by atoms with E-state index in [1.165, 1.54) is 11.3 Å². The molecule has 152 valence electrons. The van der Waals surface area contributed by atoms with E-state index in [-0.39, 0.29) is 19.0 Å². The molecule has 0 bridgehead atoms. The fraction of sp³-hybridized carbons (Fsp3) is 0.300. The lowest BCUT2D eigenvalue weighted by molar-refractivity contribution is -0.116. The Morgan fingerprint density at radius 3 is 2.72 bits per heavy atom. The van der Waals surface area contributed by atoms with Gasteiger partial charge in [0, 0.05) is 10.4 Å². The van der Waals surface area contributed by atoms with Crippen LogP contribution in [0, 0.1) is 6.92 Å². The molecule has 0 atom stereocenters. The van der Waals surface area contributed by atoms with Gasteiger partial charge in [0.25, 0.3) is 0 Å². The highest BCUT2D eigenvalue weighted by molar-refractivity contribution is 7.16. The van der Waals surface area contributed by atoms with Crippen LogP contribution in [-0.4, -0.2) is 28.2 Å². The summed E-state index contributed by atoms with van der Waals surface area (Å²) in [5, 5.41) is 6.93. The molecule has 9 heteroatoms. The Balaban J connectivity index is 1.85. The van der Waals surface area contributed by atoms with Crippen molar-refractivity contribution in [2.24, 2.45) is 0 Å². The number of carbonyl (C=O) groups is 2. The van der Waals surface area contributed by atoms with Gasteiger partial charge in [0.2, 0.25) is 5.91 Å². The highest BCUT2D eigenvalue weighted by atomic mass is 32.1. The largest absolute Gasteiger partial charge is 0.462 e. The van der Waals surface area contributed by atoms with E-state index in [0.717, 1.165) is 21.4 Å². The quantitative estimate of drug-likeness (QED) is 0.594. The Bertz CT molecular complexity index is 1100. The lowest BCUT2D eigenvalue weighted by Crippen LogP contribution is -2.26. The summed E-state index contributed by atoms with van der Waals surface area (Å²) in [7, 11) is 0. The van der Waals surface area contributed by atoms with Crippen molar-refractivity contribution in [1.82, 2.24) is 9.72 Å². The maximum atomic E-state index is 12.6. The van der Waals surface area contributed by atoms with Crippen molar-refractivity contribution in [1.29, 1.82) is 0 Å². The van der Waals surface area contributed by atoms with Crippen molar-refractivity contribution in [2.45, 2.75) is 33.7 Å². The molecule has 2 aromatic heterocycles. The first-order chi connectivity index (χ1) is 13.9. The highest BCUT2D eigenvalue weighted by Gasteiger charge is 2.21. The van der Waals surface area contributed by atoms with E-state index in [0.29, 0.717) is 16.1 Å². The van der Waals surface area contributed by atoms with Crippen LogP contribution in [0.25, 0.3) is 11.4 Å². The molecule has 0 radical (unpaired) electrons. The minimum Gasteiger partial charge on any atom is -0.462 e. The number of aryl methyl sites for hydroxylation is 2. The summed E-state index contributed by atoms with van der Waals surface area (Å²) in [5.74, 6) is -1.43. The van der Waals surface area contributed by atoms with Crippen LogP contribution >= 0.6 is 11.3 Å². The van der Waals surface area contributed by atoms with Gasteiger partial charge in [-0.25, -0.2) is 14.2 Å². The van der Waals surface area contributed by atoms with Crippen LogP contribution in [0.3, 0.4) is 0 Å². The lowest BCUT2D eigenvalue weighted by Gasteiger charge is -2.08. The van der Waals surface area contributed by atoms with Crippen LogP contribution in [0.4, 0.5) is 5.00 Å². The van der Waals surface area contributed by atoms with E-state index in [9.17, 15) is 14.4 Å². The number of nitrogens with zero attached hydrogens (tertiary/aromatic N) is 2. The van der Waals surface area contributed by atoms with Crippen molar-refractivity contribution in [2.75, 3.05) is 11.9 Å². The van der Waals surface area contributed by atoms with Crippen LogP contribution in [-0.2, 0) is 22.5 Å². The molecule has 1 aromatic carbocycles. The maximum Gasteiger partial charge on any atom is 0.442 e. The van der Waals surface area contributed by atoms with E-state index in [1.807, 2.05) is 32.0 Å². The second-order valence-corrected chi connectivity index (χ2v) is 7.39. The van der Waals surface area contributed by atoms with Crippen molar-refractivity contribution in [3.8, 4) is 11.4 Å². The molecular formula is C20H21N3O5S. The molecule has 29 heavy (non-hydrogen) atoms. The Morgan fingerprint density at radius 1 is 1.28 bits per heavy atom. The second-order valence-electron chi connectivity index (χ2n) is 6.25. The maximum absolute atomic E-state index is 12.6. The number of esters is 1. The predicted molar refractivity (Wildman–Crippen MR) is 109 cm³/mol. The second kappa shape index (κ2) is 8.87. The van der Waals surface area contributed by atoms with E-state index < -0.39 is 17.6 Å². The third kappa shape index (κ3) is 4.45. The van der Waals surface area contributed by atoms with Gasteiger partial charge in [-0.2, -0.15) is 0 Å². The average molecular weight is 415 g/mol. The molecule has 0 aliphatic carbocycles. The third-order valence-electron chi connectivity index (χ3n) is 4.25. The first-order valence-electron chi connectivity index (χ1n) is 9.16. The molecule has 1 amide bonds. The Kier molecular flexibility index (Phi) is 6.28. The van der Waals surface area contributed by atoms with Crippen molar-refractivity contribution in [3.63, 3.8) is 0 Å². The predicted octanol–water partition coefficient (Wildman–Crippen LogP) is 3.25. The molecule has 3 aromatic rings. The smallest absolute Gasteiger partial charge is 0.442 e. The number of hydrogen-bond acceptors (Lipinski definition) is 7. The topological polar surface area (TPSA) is 103 Å². The zero-order valence-electron chi connectivity index (χ0n) is 16.4. The van der Waals surface area contributed by atoms with Crippen molar-refractivity contribution < 1.29 is 18.8 Å². The SMILES string of the molecule is CCOC(=O)c1cc(CC)sc1NC(=O)Cn1c(-c2ccccc2C)noc1=O. The third-order valence-corrected chi connectivity index (χ3v) is 5.45. The number of thiophene rings is 1. The van der Waals surface area contributed by atoms with Gasteiger partial charge in [-0.05, 0) is 31.9 Å². The Morgan fingerprint density at radius 2 is 2.03 bits per heavy atom. The van der Waals surface area contributed by atoms with E-state index in [2.05, 4.69) is 10.5 Å². The van der Waals surface area contributed by atoms with Gasteiger partial charge in [0.1, 0.15) is 11.5 Å². The molecular weight excluding hydrogens is 394 g/mol. The zero-order chi connectivity index (χ0) is 21.0. The number of aromatic nitrogens is 2. The highest BCUT2D eigenvalue weighted by Crippen LogP contribution is 2.29. The molecule has 0 spiro atoms. The van der Waals surface area contributed by atoms with Crippen molar-refractivity contribution >= 4 is 28.2 Å². The van der Waals surface area contributed by atoms with Crippen LogP contribution < -0.4 is 11.1 Å². The summed E-state index contributed by atoms with van der Waals surface area (Å²) in [6.07, 6.45) is 0.718. The van der Waals surface area contributed by atoms with E-state index >= 15 is 0 Å². The summed E-state index contributed by atoms with van der Waals surface area (Å²) >= 11 is 1.30. The van der Waals surface area contributed by atoms with Crippen LogP contribution in [0.1, 0.15) is 34.6 Å². The average Bonchev–Trinajstić information content (AvgIpc) is 3.26. The summed E-state index contributed by atoms with van der Waals surface area (Å²) in [4.78, 5) is 37.9. The number of amides is 1. The van der Waals surface area contributed by atoms with Gasteiger partial charge in [-0.3, -0.25) is 9.32 Å². The number of ether oxygens (including phenoxy) is 1. The molecule has 0 fully saturated rings. The standard InChI is InChI=1S/C20H21N3O5S/c1-4-13-10-15(19(25)27-5-2)18(29-13)21-16(24)11-23-17(22-28-20(23)26)14-9-7-6-8-12(14)3/h6-10H,4-5,11H2,1-3H3,(H,21,24). The summed E-state index contributed by atoms with van der Waals surface area (Å²) in [6, 6.07) is 9.07. The Labute approximate surface area is 171 Å². The molecule has 0 saturated carbocycles. The summed E-state index contributed by atoms with van der Waals surface area (Å²) in [6.45, 7) is 5.49. The molecule has 2 heterocycles. The van der Waals surface area contributed by atoms with Crippen LogP contribution in [0.15, 0.2) is 39.6 Å². The van der Waals surface area contributed by atoms with Gasteiger partial charge in [0.05, 0.1) is 12.2 Å². The van der Waals surface area contributed by atoms with Gasteiger partial charge < -0.3 is 10.1 Å². The fourth-order valence-electron chi connectivity index (χ4n) is 2.80. The number of hydrogen-bond donors (Lipinski definition) is 1. The first kappa shape index (κ1) is 20.5. The number of carbonyl (C=O) groups excluding carboxylic acids is 2. The van der Waals surface area contributed by atoms with Gasteiger partial charge in [-0.1, -0.05) is 36.3 Å². The normalized spacial score (nSPS) is 10.7. The van der Waals surface area contributed by atoms with E-state index in [1.54, 1.807) is 19.1 Å². The summed E-state index contributed by atoms with van der Waals surface area (Å²) < 4.78 is 11.0.